The molecule has 0 atom stereocenters. The third-order valence-electron chi connectivity index (χ3n) is 7.89. The fourth-order valence-corrected chi connectivity index (χ4v) is 6.85. The Balaban J connectivity index is 1.61. The lowest BCUT2D eigenvalue weighted by Crippen LogP contribution is -2.41. The fraction of sp³-hybridized carbons (Fsp3) is 0.345. The Hall–Kier alpha value is -4.23. The average Bonchev–Trinajstić information content (AvgIpc) is 3.60. The normalized spacial score (nSPS) is 15.8. The third kappa shape index (κ3) is 4.71. The van der Waals surface area contributed by atoms with Crippen LogP contribution < -0.4 is 26.8 Å². The number of nitrogens with zero attached hydrogens (tertiary/aromatic N) is 4. The molecule has 0 amide bonds. The lowest BCUT2D eigenvalue weighted by Gasteiger charge is -2.21. The van der Waals surface area contributed by atoms with Crippen molar-refractivity contribution in [2.24, 2.45) is 7.05 Å². The van der Waals surface area contributed by atoms with E-state index in [1.54, 1.807) is 31.2 Å². The summed E-state index contributed by atoms with van der Waals surface area (Å²) < 4.78 is 48.4. The van der Waals surface area contributed by atoms with Crippen LogP contribution in [0.3, 0.4) is 0 Å². The van der Waals surface area contributed by atoms with E-state index in [2.05, 4.69) is 10.0 Å². The second-order valence-corrected chi connectivity index (χ2v) is 12.6. The van der Waals surface area contributed by atoms with Crippen LogP contribution in [-0.4, -0.2) is 39.5 Å². The molecule has 0 bridgehead atoms. The molecule has 42 heavy (non-hydrogen) atoms. The summed E-state index contributed by atoms with van der Waals surface area (Å²) in [4.78, 5) is 41.5. The fourth-order valence-electron chi connectivity index (χ4n) is 5.55. The highest BCUT2D eigenvalue weighted by molar-refractivity contribution is 7.90. The summed E-state index contributed by atoms with van der Waals surface area (Å²) in [7, 11) is -2.33. The molecule has 2 fully saturated rings. The van der Waals surface area contributed by atoms with Crippen LogP contribution in [0.2, 0.25) is 0 Å². The van der Waals surface area contributed by atoms with Crippen molar-refractivity contribution in [1.82, 2.24) is 18.0 Å². The first-order chi connectivity index (χ1) is 20.0. The smallest absolute Gasteiger partial charge is 0.336 e. The minimum absolute atomic E-state index is 0.0439. The van der Waals surface area contributed by atoms with Crippen LogP contribution in [0.1, 0.15) is 42.9 Å². The van der Waals surface area contributed by atoms with Gasteiger partial charge in [0.25, 0.3) is 11.1 Å². The average molecular weight is 595 g/mol. The third-order valence-corrected chi connectivity index (χ3v) is 9.43. The number of halogens is 1. The zero-order valence-corrected chi connectivity index (χ0v) is 24.3. The molecule has 1 aliphatic heterocycles. The minimum Gasteiger partial charge on any atom is -0.338 e. The van der Waals surface area contributed by atoms with Crippen LogP contribution in [0.25, 0.3) is 16.6 Å². The Bertz CT molecular complexity index is 2040. The van der Waals surface area contributed by atoms with Gasteiger partial charge in [-0.2, -0.15) is 12.7 Å². The van der Waals surface area contributed by atoms with Crippen molar-refractivity contribution in [3.05, 3.63) is 90.6 Å². The van der Waals surface area contributed by atoms with Gasteiger partial charge in [0.05, 0.1) is 22.6 Å². The molecule has 2 N–H and O–H groups in total. The number of rotatable bonds is 7. The van der Waals surface area contributed by atoms with E-state index in [9.17, 15) is 27.2 Å². The summed E-state index contributed by atoms with van der Waals surface area (Å²) in [5.41, 5.74) is -0.246. The highest BCUT2D eigenvalue weighted by Crippen LogP contribution is 2.34. The Kier molecular flexibility index (Phi) is 6.81. The summed E-state index contributed by atoms with van der Waals surface area (Å²) in [6.07, 6.45) is 2.83. The molecule has 1 saturated carbocycles. The number of hydrogen-bond donors (Lipinski definition) is 2. The molecular weight excluding hydrogens is 563 g/mol. The predicted molar refractivity (Wildman–Crippen MR) is 160 cm³/mol. The Morgan fingerprint density at radius 1 is 0.952 bits per heavy atom. The maximum absolute atomic E-state index is 14.9. The van der Waals surface area contributed by atoms with Gasteiger partial charge in [0, 0.05) is 31.7 Å². The lowest BCUT2D eigenvalue weighted by molar-refractivity contribution is 0.482. The van der Waals surface area contributed by atoms with Gasteiger partial charge in [0.1, 0.15) is 17.0 Å². The monoisotopic (exact) mass is 594 g/mol. The van der Waals surface area contributed by atoms with Gasteiger partial charge in [-0.15, -0.1) is 0 Å². The van der Waals surface area contributed by atoms with Crippen molar-refractivity contribution >= 4 is 38.3 Å². The number of aromatic nitrogens is 3. The highest BCUT2D eigenvalue weighted by Gasteiger charge is 2.32. The van der Waals surface area contributed by atoms with Crippen molar-refractivity contribution < 1.29 is 12.8 Å². The van der Waals surface area contributed by atoms with Crippen LogP contribution in [0.4, 0.5) is 21.6 Å². The second kappa shape index (κ2) is 10.2. The molecule has 0 spiro atoms. The number of hydrogen-bond acceptors (Lipinski definition) is 6. The van der Waals surface area contributed by atoms with Gasteiger partial charge in [-0.3, -0.25) is 28.0 Å². The molecule has 3 heterocycles. The first-order valence-electron chi connectivity index (χ1n) is 13.8. The largest absolute Gasteiger partial charge is 0.338 e. The SMILES string of the molecule is Cc1ccc(Nc2c3c(=O)n(C4CC4)c(=O)n(-c4cccc(NS(=O)(=O)N5CCCC5)c4)c3c(C)c(=O)n2C)c(F)c1. The molecule has 1 aliphatic carbocycles. The Labute approximate surface area is 241 Å². The number of anilines is 3. The van der Waals surface area contributed by atoms with Crippen molar-refractivity contribution in [2.75, 3.05) is 23.1 Å². The molecule has 11 nitrogen and oxygen atoms in total. The summed E-state index contributed by atoms with van der Waals surface area (Å²) >= 11 is 0. The first kappa shape index (κ1) is 27.9. The van der Waals surface area contributed by atoms with Gasteiger partial charge in [0.15, 0.2) is 0 Å². The van der Waals surface area contributed by atoms with E-state index in [4.69, 9.17) is 0 Å². The lowest BCUT2D eigenvalue weighted by atomic mass is 10.1. The number of fused-ring (bicyclic) bond motifs is 1. The minimum atomic E-state index is -3.81. The molecule has 13 heteroatoms. The van der Waals surface area contributed by atoms with Gasteiger partial charge in [-0.25, -0.2) is 9.18 Å². The number of benzene rings is 2. The quantitative estimate of drug-likeness (QED) is 0.338. The summed E-state index contributed by atoms with van der Waals surface area (Å²) in [5.74, 6) is -0.521. The predicted octanol–water partition coefficient (Wildman–Crippen LogP) is 3.44. The van der Waals surface area contributed by atoms with Gasteiger partial charge in [-0.05, 0) is 75.4 Å². The van der Waals surface area contributed by atoms with Crippen LogP contribution in [-0.2, 0) is 17.3 Å². The van der Waals surface area contributed by atoms with Crippen molar-refractivity contribution in [1.29, 1.82) is 0 Å². The maximum Gasteiger partial charge on any atom is 0.336 e. The summed E-state index contributed by atoms with van der Waals surface area (Å²) in [5, 5.41) is 2.99. The van der Waals surface area contributed by atoms with E-state index in [0.29, 0.717) is 31.5 Å². The maximum atomic E-state index is 14.9. The number of pyridine rings is 1. The second-order valence-electron chi connectivity index (χ2n) is 11.0. The molecule has 2 aliphatic rings. The molecular formula is C29H31FN6O5S. The number of nitrogens with one attached hydrogen (secondary N) is 2. The molecule has 6 rings (SSSR count). The van der Waals surface area contributed by atoms with Gasteiger partial charge in [0.2, 0.25) is 0 Å². The van der Waals surface area contributed by atoms with E-state index >= 15 is 0 Å². The van der Waals surface area contributed by atoms with E-state index < -0.39 is 32.8 Å². The molecule has 1 saturated heterocycles. The van der Waals surface area contributed by atoms with Gasteiger partial charge >= 0.3 is 15.9 Å². The van der Waals surface area contributed by atoms with E-state index in [-0.39, 0.29) is 45.4 Å². The highest BCUT2D eigenvalue weighted by atomic mass is 32.2. The summed E-state index contributed by atoms with van der Waals surface area (Å²) in [6.45, 7) is 4.12. The molecule has 220 valence electrons. The van der Waals surface area contributed by atoms with Crippen LogP contribution in [0, 0.1) is 19.7 Å². The molecule has 4 aromatic rings. The van der Waals surface area contributed by atoms with E-state index in [1.807, 2.05) is 0 Å². The Morgan fingerprint density at radius 2 is 1.67 bits per heavy atom. The van der Waals surface area contributed by atoms with Crippen molar-refractivity contribution in [3.8, 4) is 5.69 Å². The summed E-state index contributed by atoms with van der Waals surface area (Å²) in [6, 6.07) is 10.5. The molecule has 2 aromatic carbocycles. The first-order valence-corrected chi connectivity index (χ1v) is 15.2. The van der Waals surface area contributed by atoms with E-state index in [1.165, 1.54) is 50.2 Å². The van der Waals surface area contributed by atoms with Crippen LogP contribution in [0.15, 0.2) is 56.8 Å². The van der Waals surface area contributed by atoms with Crippen LogP contribution >= 0.6 is 0 Å². The van der Waals surface area contributed by atoms with Crippen molar-refractivity contribution in [2.45, 2.75) is 45.6 Å². The van der Waals surface area contributed by atoms with Crippen molar-refractivity contribution in [3.63, 3.8) is 0 Å². The zero-order chi connectivity index (χ0) is 29.9. The van der Waals surface area contributed by atoms with Crippen LogP contribution in [0.5, 0.6) is 0 Å². The zero-order valence-electron chi connectivity index (χ0n) is 23.5. The van der Waals surface area contributed by atoms with E-state index in [0.717, 1.165) is 12.8 Å². The standard InChI is InChI=1S/C29H31FN6O5S/c1-17-9-12-23(22(30)15-17)31-26-24-25(18(2)27(37)33(26)3)35(29(39)36(28(24)38)20-10-11-20)21-8-6-7-19(16-21)32-42(40,41)34-13-4-5-14-34/h6-9,12,15-16,20,31-32H,4-5,10-11,13-14H2,1-3H3. The molecule has 0 radical (unpaired) electrons. The van der Waals surface area contributed by atoms with Gasteiger partial charge in [-0.1, -0.05) is 12.1 Å². The molecule has 0 unspecified atom stereocenters. The Morgan fingerprint density at radius 3 is 2.33 bits per heavy atom. The number of aryl methyl sites for hydroxylation is 2. The topological polar surface area (TPSA) is 127 Å². The molecule has 2 aromatic heterocycles. The van der Waals surface area contributed by atoms with Gasteiger partial charge < -0.3 is 5.32 Å².